The summed E-state index contributed by atoms with van der Waals surface area (Å²) < 4.78 is 8.79. The zero-order chi connectivity index (χ0) is 25.0. The highest BCUT2D eigenvalue weighted by molar-refractivity contribution is 5.94. The van der Waals surface area contributed by atoms with E-state index >= 15 is 0 Å². The monoisotopic (exact) mass is 488 g/mol. The van der Waals surface area contributed by atoms with Crippen molar-refractivity contribution >= 4 is 28.6 Å². The summed E-state index contributed by atoms with van der Waals surface area (Å²) in [6.45, 7) is 11.3. The Bertz CT molecular complexity index is 1330. The first-order chi connectivity index (χ1) is 17.4. The average Bonchev–Trinajstić information content (AvgIpc) is 3.45. The molecule has 0 saturated carbocycles. The van der Waals surface area contributed by atoms with Gasteiger partial charge in [0.25, 0.3) is 0 Å². The second kappa shape index (κ2) is 8.80. The molecule has 0 radical (unpaired) electrons. The van der Waals surface area contributed by atoms with E-state index in [9.17, 15) is 4.79 Å². The highest BCUT2D eigenvalue weighted by Crippen LogP contribution is 2.45. The van der Waals surface area contributed by atoms with E-state index in [1.807, 2.05) is 57.0 Å². The number of imidazole rings is 1. The van der Waals surface area contributed by atoms with Crippen LogP contribution in [0.3, 0.4) is 0 Å². The molecule has 3 aliphatic rings. The first-order valence-electron chi connectivity index (χ1n) is 12.8. The number of anilines is 1. The van der Waals surface area contributed by atoms with Crippen molar-refractivity contribution < 1.29 is 14.4 Å². The third kappa shape index (κ3) is 3.60. The van der Waals surface area contributed by atoms with E-state index < -0.39 is 0 Å². The molecule has 3 atom stereocenters. The van der Waals surface area contributed by atoms with E-state index in [4.69, 9.17) is 14.6 Å². The lowest BCUT2D eigenvalue weighted by Gasteiger charge is -2.37. The Morgan fingerprint density at radius 1 is 1.11 bits per heavy atom. The first kappa shape index (κ1) is 22.8. The average molecular weight is 489 g/mol. The van der Waals surface area contributed by atoms with E-state index in [0.29, 0.717) is 19.7 Å². The fourth-order valence-electron chi connectivity index (χ4n) is 5.70. The fourth-order valence-corrected chi connectivity index (χ4v) is 5.70. The summed E-state index contributed by atoms with van der Waals surface area (Å²) in [5.74, 6) is 2.01. The molecule has 5 heterocycles. The number of aromatic nitrogens is 3. The lowest BCUT2D eigenvalue weighted by Crippen LogP contribution is -2.50. The highest BCUT2D eigenvalue weighted by Gasteiger charge is 2.38. The van der Waals surface area contributed by atoms with Gasteiger partial charge < -0.3 is 19.4 Å². The second-order valence-electron chi connectivity index (χ2n) is 10.2. The van der Waals surface area contributed by atoms with Crippen LogP contribution in [-0.2, 0) is 9.63 Å². The minimum atomic E-state index is -0.101. The minimum absolute atomic E-state index is 0.00679. The van der Waals surface area contributed by atoms with Crippen LogP contribution in [0, 0.1) is 5.92 Å². The van der Waals surface area contributed by atoms with Crippen molar-refractivity contribution in [3.63, 3.8) is 0 Å². The number of hydrogen-bond acceptors (Lipinski definition) is 7. The molecule has 0 spiro atoms. The van der Waals surface area contributed by atoms with Gasteiger partial charge >= 0.3 is 0 Å². The Morgan fingerprint density at radius 3 is 2.58 bits per heavy atom. The molecule has 9 heteroatoms. The van der Waals surface area contributed by atoms with E-state index in [2.05, 4.69) is 31.7 Å². The Kier molecular flexibility index (Phi) is 5.58. The number of carbonyl (C=O) groups is 1. The lowest BCUT2D eigenvalue weighted by atomic mass is 9.89. The van der Waals surface area contributed by atoms with Crippen LogP contribution in [0.15, 0.2) is 41.7 Å². The summed E-state index contributed by atoms with van der Waals surface area (Å²) in [6.07, 6.45) is 1.76. The number of pyridine rings is 1. The standard InChI is InChI=1S/C27H32N6O3/c1-16(2)26(34)31-11-13-32(14-12-31)27-29-21-9-8-19(23-17(3)30-36-18(23)4)25-24(21)33(27)22(15-35-25)20-7-5-6-10-28-20/h5-10,16,18,22-23H,11-15H2,1-4H3/t18?,22-,23?/m1/s1. The van der Waals surface area contributed by atoms with E-state index in [1.165, 1.54) is 0 Å². The van der Waals surface area contributed by atoms with Gasteiger partial charge in [-0.25, -0.2) is 4.98 Å². The summed E-state index contributed by atoms with van der Waals surface area (Å²) in [4.78, 5) is 32.2. The van der Waals surface area contributed by atoms with Crippen molar-refractivity contribution in [2.24, 2.45) is 11.1 Å². The van der Waals surface area contributed by atoms with Crippen molar-refractivity contribution in [2.75, 3.05) is 37.7 Å². The summed E-state index contributed by atoms with van der Waals surface area (Å²) >= 11 is 0. The minimum Gasteiger partial charge on any atom is -0.488 e. The van der Waals surface area contributed by atoms with Gasteiger partial charge in [0.15, 0.2) is 0 Å². The quantitative estimate of drug-likeness (QED) is 0.558. The second-order valence-corrected chi connectivity index (χ2v) is 10.2. The number of hydrogen-bond donors (Lipinski definition) is 0. The molecule has 0 bridgehead atoms. The number of rotatable bonds is 4. The molecule has 6 rings (SSSR count). The number of ether oxygens (including phenoxy) is 1. The van der Waals surface area contributed by atoms with Crippen molar-refractivity contribution in [1.82, 2.24) is 19.4 Å². The number of oxime groups is 1. The van der Waals surface area contributed by atoms with Crippen LogP contribution in [0.4, 0.5) is 5.95 Å². The van der Waals surface area contributed by atoms with E-state index in [-0.39, 0.29) is 29.9 Å². The Morgan fingerprint density at radius 2 is 1.92 bits per heavy atom. The van der Waals surface area contributed by atoms with Crippen LogP contribution in [0.25, 0.3) is 11.0 Å². The Balaban J connectivity index is 1.45. The Hall–Kier alpha value is -3.62. The van der Waals surface area contributed by atoms with Crippen molar-refractivity contribution in [1.29, 1.82) is 0 Å². The number of amides is 1. The van der Waals surface area contributed by atoms with Crippen LogP contribution in [0.5, 0.6) is 5.75 Å². The van der Waals surface area contributed by atoms with Gasteiger partial charge in [0.05, 0.1) is 22.8 Å². The van der Waals surface area contributed by atoms with E-state index in [0.717, 1.165) is 52.8 Å². The third-order valence-electron chi connectivity index (χ3n) is 7.53. The zero-order valence-electron chi connectivity index (χ0n) is 21.2. The summed E-state index contributed by atoms with van der Waals surface area (Å²) in [5.41, 5.74) is 4.85. The molecule has 9 nitrogen and oxygen atoms in total. The molecule has 3 aliphatic heterocycles. The molecule has 1 fully saturated rings. The van der Waals surface area contributed by atoms with Gasteiger partial charge in [-0.2, -0.15) is 0 Å². The number of benzene rings is 1. The number of nitrogens with zero attached hydrogens (tertiary/aromatic N) is 6. The topological polar surface area (TPSA) is 85.1 Å². The largest absolute Gasteiger partial charge is 0.488 e. The van der Waals surface area contributed by atoms with Crippen molar-refractivity contribution in [2.45, 2.75) is 45.8 Å². The molecule has 1 aromatic carbocycles. The van der Waals surface area contributed by atoms with Crippen molar-refractivity contribution in [3.8, 4) is 5.75 Å². The fraction of sp³-hybridized carbons (Fsp3) is 0.481. The maximum atomic E-state index is 12.6. The SMILES string of the molecule is CC1=NOC(C)C1c1ccc2nc(N3CCN(C(=O)C(C)C)CC3)n3c2c1OC[C@@H]3c1ccccn1. The smallest absolute Gasteiger partial charge is 0.225 e. The van der Waals surface area contributed by atoms with Gasteiger partial charge in [0.2, 0.25) is 11.9 Å². The molecule has 36 heavy (non-hydrogen) atoms. The van der Waals surface area contributed by atoms with Gasteiger partial charge in [0.1, 0.15) is 30.0 Å². The molecule has 0 aliphatic carbocycles. The molecule has 3 aromatic rings. The number of piperazine rings is 1. The molecule has 2 unspecified atom stereocenters. The van der Waals surface area contributed by atoms with Crippen LogP contribution >= 0.6 is 0 Å². The molecule has 2 aromatic heterocycles. The molecule has 1 saturated heterocycles. The molecular weight excluding hydrogens is 456 g/mol. The summed E-state index contributed by atoms with van der Waals surface area (Å²) in [6, 6.07) is 10.1. The summed E-state index contributed by atoms with van der Waals surface area (Å²) in [5, 5.41) is 4.23. The molecule has 0 N–H and O–H groups in total. The maximum Gasteiger partial charge on any atom is 0.225 e. The van der Waals surface area contributed by atoms with Gasteiger partial charge in [-0.1, -0.05) is 31.1 Å². The third-order valence-corrected chi connectivity index (χ3v) is 7.53. The van der Waals surface area contributed by atoms with Crippen LogP contribution < -0.4 is 9.64 Å². The summed E-state index contributed by atoms with van der Waals surface area (Å²) in [7, 11) is 0. The maximum absolute atomic E-state index is 12.6. The predicted octanol–water partition coefficient (Wildman–Crippen LogP) is 3.60. The van der Waals surface area contributed by atoms with Gasteiger partial charge in [0, 0.05) is 43.9 Å². The van der Waals surface area contributed by atoms with Crippen LogP contribution in [0.2, 0.25) is 0 Å². The molecule has 188 valence electrons. The lowest BCUT2D eigenvalue weighted by molar-refractivity contribution is -0.134. The number of carbonyl (C=O) groups excluding carboxylic acids is 1. The highest BCUT2D eigenvalue weighted by atomic mass is 16.6. The van der Waals surface area contributed by atoms with Crippen LogP contribution in [0.1, 0.15) is 50.9 Å². The van der Waals surface area contributed by atoms with Crippen molar-refractivity contribution in [3.05, 3.63) is 47.8 Å². The normalized spacial score (nSPS) is 23.6. The van der Waals surface area contributed by atoms with Gasteiger partial charge in [-0.3, -0.25) is 14.3 Å². The van der Waals surface area contributed by atoms with E-state index in [1.54, 1.807) is 0 Å². The predicted molar refractivity (Wildman–Crippen MR) is 138 cm³/mol. The zero-order valence-corrected chi connectivity index (χ0v) is 21.2. The molecule has 1 amide bonds. The van der Waals surface area contributed by atoms with Gasteiger partial charge in [-0.15, -0.1) is 0 Å². The Labute approximate surface area is 210 Å². The van der Waals surface area contributed by atoms with Crippen LogP contribution in [-0.4, -0.2) is 69.9 Å². The first-order valence-corrected chi connectivity index (χ1v) is 12.8. The van der Waals surface area contributed by atoms with Gasteiger partial charge in [-0.05, 0) is 32.0 Å². The molecular formula is C27H32N6O3.